The molecule has 0 saturated carbocycles. The Bertz CT molecular complexity index is 1360. The molecule has 0 aliphatic rings. The molecule has 0 aliphatic heterocycles. The molecule has 1 unspecified atom stereocenters. The average Bonchev–Trinajstić information content (AvgIpc) is 3.34. The molecule has 0 aromatic carbocycles. The van der Waals surface area contributed by atoms with Gasteiger partial charge < -0.3 is 14.2 Å². The molecule has 0 bridgehead atoms. The number of rotatable bonds is 50. The van der Waals surface area contributed by atoms with Crippen LogP contribution >= 0.6 is 0 Å². The number of unbranched alkanes of at least 4 members (excludes halogenated alkanes) is 23. The van der Waals surface area contributed by atoms with E-state index in [0.29, 0.717) is 19.3 Å². The van der Waals surface area contributed by atoms with E-state index in [4.69, 9.17) is 14.2 Å². The van der Waals surface area contributed by atoms with Gasteiger partial charge in [-0.05, 0) is 83.5 Å². The van der Waals surface area contributed by atoms with Crippen molar-refractivity contribution in [2.45, 2.75) is 264 Å². The van der Waals surface area contributed by atoms with Gasteiger partial charge in [0.1, 0.15) is 13.2 Å². The minimum absolute atomic E-state index is 0.104. The van der Waals surface area contributed by atoms with Crippen molar-refractivity contribution in [2.75, 3.05) is 13.2 Å². The van der Waals surface area contributed by atoms with Gasteiger partial charge in [0, 0.05) is 19.3 Å². The zero-order chi connectivity index (χ0) is 49.3. The van der Waals surface area contributed by atoms with Crippen LogP contribution in [0.25, 0.3) is 0 Å². The smallest absolute Gasteiger partial charge is 0.306 e. The van der Waals surface area contributed by atoms with Gasteiger partial charge in [-0.3, -0.25) is 14.4 Å². The molecule has 6 heteroatoms. The fraction of sp³-hybridized carbons (Fsp3) is 0.694. The fourth-order valence-corrected chi connectivity index (χ4v) is 7.68. The van der Waals surface area contributed by atoms with Crippen LogP contribution in [0.1, 0.15) is 258 Å². The number of hydrogen-bond donors (Lipinski definition) is 0. The van der Waals surface area contributed by atoms with E-state index in [1.807, 2.05) is 12.2 Å². The monoisotopic (exact) mass is 945 g/mol. The Hall–Kier alpha value is -3.67. The lowest BCUT2D eigenvalue weighted by Crippen LogP contribution is -2.30. The maximum absolute atomic E-state index is 12.7. The van der Waals surface area contributed by atoms with E-state index < -0.39 is 12.1 Å². The van der Waals surface area contributed by atoms with Crippen LogP contribution in [0.3, 0.4) is 0 Å². The van der Waals surface area contributed by atoms with E-state index in [1.54, 1.807) is 0 Å². The van der Waals surface area contributed by atoms with Gasteiger partial charge in [0.2, 0.25) is 0 Å². The van der Waals surface area contributed by atoms with Crippen LogP contribution in [-0.4, -0.2) is 37.2 Å². The van der Waals surface area contributed by atoms with Gasteiger partial charge in [-0.2, -0.15) is 0 Å². The first-order valence-electron chi connectivity index (χ1n) is 28.2. The first-order valence-corrected chi connectivity index (χ1v) is 28.2. The molecule has 0 aromatic heterocycles. The minimum atomic E-state index is -0.811. The van der Waals surface area contributed by atoms with Gasteiger partial charge in [0.05, 0.1) is 0 Å². The molecule has 0 aliphatic carbocycles. The van der Waals surface area contributed by atoms with Crippen LogP contribution in [0.4, 0.5) is 0 Å². The van der Waals surface area contributed by atoms with Gasteiger partial charge in [0.25, 0.3) is 0 Å². The van der Waals surface area contributed by atoms with Crippen molar-refractivity contribution in [3.63, 3.8) is 0 Å². The third-order valence-corrected chi connectivity index (χ3v) is 11.8. The molecular formula is C62H104O6. The number of hydrogen-bond acceptors (Lipinski definition) is 6. The van der Waals surface area contributed by atoms with Crippen molar-refractivity contribution in [2.24, 2.45) is 0 Å². The Morgan fingerprint density at radius 3 is 0.956 bits per heavy atom. The predicted octanol–water partition coefficient (Wildman–Crippen LogP) is 18.9. The summed E-state index contributed by atoms with van der Waals surface area (Å²) in [7, 11) is 0. The van der Waals surface area contributed by atoms with Gasteiger partial charge in [-0.25, -0.2) is 0 Å². The second-order valence-electron chi connectivity index (χ2n) is 18.4. The molecule has 0 N–H and O–H groups in total. The highest BCUT2D eigenvalue weighted by atomic mass is 16.6. The molecule has 0 radical (unpaired) electrons. The molecule has 0 spiro atoms. The number of carbonyl (C=O) groups excluding carboxylic acids is 3. The van der Waals surface area contributed by atoms with Crippen LogP contribution in [0.15, 0.2) is 97.2 Å². The molecule has 68 heavy (non-hydrogen) atoms. The Labute approximate surface area is 419 Å². The van der Waals surface area contributed by atoms with Crippen molar-refractivity contribution >= 4 is 17.9 Å². The highest BCUT2D eigenvalue weighted by Crippen LogP contribution is 2.16. The van der Waals surface area contributed by atoms with E-state index in [-0.39, 0.29) is 31.6 Å². The van der Waals surface area contributed by atoms with E-state index in [1.165, 1.54) is 122 Å². The number of ether oxygens (including phenoxy) is 3. The highest BCUT2D eigenvalue weighted by Gasteiger charge is 2.19. The van der Waals surface area contributed by atoms with Crippen molar-refractivity contribution in [1.29, 1.82) is 0 Å². The minimum Gasteiger partial charge on any atom is -0.462 e. The van der Waals surface area contributed by atoms with Crippen molar-refractivity contribution in [3.8, 4) is 0 Å². The van der Waals surface area contributed by atoms with E-state index in [0.717, 1.165) is 89.9 Å². The van der Waals surface area contributed by atoms with Crippen molar-refractivity contribution in [1.82, 2.24) is 0 Å². The van der Waals surface area contributed by atoms with E-state index >= 15 is 0 Å². The Morgan fingerprint density at radius 2 is 0.603 bits per heavy atom. The SMILES string of the molecule is CC/C=C\C/C=C\C/C=C\C/C=C\CCCCCCCCCCCCCCCCCCC(=O)OCC(COC(=O)CCCCCCCCCC)OC(=O)CC/C=C\C/C=C\C/C=C\C/C=C\CC. The van der Waals surface area contributed by atoms with E-state index in [9.17, 15) is 14.4 Å². The first kappa shape index (κ1) is 64.3. The third kappa shape index (κ3) is 53.3. The molecule has 388 valence electrons. The van der Waals surface area contributed by atoms with Gasteiger partial charge >= 0.3 is 17.9 Å². The van der Waals surface area contributed by atoms with Gasteiger partial charge in [-0.1, -0.05) is 253 Å². The van der Waals surface area contributed by atoms with Gasteiger partial charge in [-0.15, -0.1) is 0 Å². The average molecular weight is 946 g/mol. The summed E-state index contributed by atoms with van der Waals surface area (Å²) >= 11 is 0. The zero-order valence-corrected chi connectivity index (χ0v) is 44.3. The third-order valence-electron chi connectivity index (χ3n) is 11.8. The fourth-order valence-electron chi connectivity index (χ4n) is 7.68. The topological polar surface area (TPSA) is 78.9 Å². The second kappa shape index (κ2) is 55.9. The highest BCUT2D eigenvalue weighted by molar-refractivity contribution is 5.71. The predicted molar refractivity (Wildman–Crippen MR) is 293 cm³/mol. The van der Waals surface area contributed by atoms with Crippen LogP contribution in [0.5, 0.6) is 0 Å². The largest absolute Gasteiger partial charge is 0.462 e. The summed E-state index contributed by atoms with van der Waals surface area (Å²) in [6, 6.07) is 0. The van der Waals surface area contributed by atoms with Crippen LogP contribution in [-0.2, 0) is 28.6 Å². The quantitative estimate of drug-likeness (QED) is 0.0262. The van der Waals surface area contributed by atoms with Crippen LogP contribution in [0, 0.1) is 0 Å². The molecule has 0 saturated heterocycles. The summed E-state index contributed by atoms with van der Waals surface area (Å²) in [6.45, 7) is 6.32. The molecule has 0 rings (SSSR count). The van der Waals surface area contributed by atoms with E-state index in [2.05, 4.69) is 106 Å². The Kier molecular flexibility index (Phi) is 52.9. The molecular weight excluding hydrogens is 841 g/mol. The van der Waals surface area contributed by atoms with Crippen LogP contribution < -0.4 is 0 Å². The number of esters is 3. The summed E-state index contributed by atoms with van der Waals surface area (Å²) in [5.74, 6) is -0.989. The molecule has 6 nitrogen and oxygen atoms in total. The van der Waals surface area contributed by atoms with Crippen LogP contribution in [0.2, 0.25) is 0 Å². The lowest BCUT2D eigenvalue weighted by Gasteiger charge is -2.18. The normalized spacial score (nSPS) is 12.8. The molecule has 0 fully saturated rings. The lowest BCUT2D eigenvalue weighted by atomic mass is 10.0. The van der Waals surface area contributed by atoms with Gasteiger partial charge in [0.15, 0.2) is 6.10 Å². The summed E-state index contributed by atoms with van der Waals surface area (Å²) in [6.07, 6.45) is 74.5. The standard InChI is InChI=1S/C62H104O6/c1-4-7-10-13-16-19-21-23-24-25-26-27-28-29-30-31-32-33-34-35-36-37-38-40-41-43-46-49-52-55-61(64)67-58-59(57-66-60(63)54-51-48-45-18-15-12-9-6-3)68-62(65)56-53-50-47-44-42-39-22-20-17-14-11-8-5-2/h7-8,10-11,16-17,19-20,23-24,26-27,39,42,47,50,59H,4-6,9,12-15,18,21-22,25,28-38,40-41,43-46,48-49,51-58H2,1-3H3/b10-7-,11-8-,19-16-,20-17-,24-23-,27-26-,42-39-,50-47-. The summed E-state index contributed by atoms with van der Waals surface area (Å²) < 4.78 is 16.7. The molecule has 1 atom stereocenters. The maximum Gasteiger partial charge on any atom is 0.306 e. The molecule has 0 amide bonds. The molecule has 0 heterocycles. The zero-order valence-electron chi connectivity index (χ0n) is 44.3. The Balaban J connectivity index is 4.13. The number of carbonyl (C=O) groups is 3. The maximum atomic E-state index is 12.7. The summed E-state index contributed by atoms with van der Waals surface area (Å²) in [5.41, 5.74) is 0. The summed E-state index contributed by atoms with van der Waals surface area (Å²) in [5, 5.41) is 0. The van der Waals surface area contributed by atoms with Crippen molar-refractivity contribution < 1.29 is 28.6 Å². The summed E-state index contributed by atoms with van der Waals surface area (Å²) in [4.78, 5) is 37.9. The number of allylic oxidation sites excluding steroid dienone is 16. The molecule has 0 aromatic rings. The van der Waals surface area contributed by atoms with Crippen molar-refractivity contribution in [3.05, 3.63) is 97.2 Å². The Morgan fingerprint density at radius 1 is 0.309 bits per heavy atom. The lowest BCUT2D eigenvalue weighted by molar-refractivity contribution is -0.166. The second-order valence-corrected chi connectivity index (χ2v) is 18.4. The first-order chi connectivity index (χ1) is 33.5.